The van der Waals surface area contributed by atoms with Gasteiger partial charge in [0.2, 0.25) is 0 Å². The zero-order valence-electron chi connectivity index (χ0n) is 6.14. The summed E-state index contributed by atoms with van der Waals surface area (Å²) in [6.07, 6.45) is 0. The minimum Gasteiger partial charge on any atom is -0.125 e. The molecule has 12 heavy (non-hydrogen) atoms. The molecular formula is C7H7Cl3SSi. The van der Waals surface area contributed by atoms with Crippen molar-refractivity contribution in [3.63, 3.8) is 0 Å². The van der Waals surface area contributed by atoms with Crippen molar-refractivity contribution in [3.05, 3.63) is 30.3 Å². The first-order valence-electron chi connectivity index (χ1n) is 3.32. The Balaban J connectivity index is 2.44. The smallest absolute Gasteiger partial charge is 0.125 e. The molecule has 0 bridgehead atoms. The van der Waals surface area contributed by atoms with E-state index < -0.39 is 6.00 Å². The summed E-state index contributed by atoms with van der Waals surface area (Å²) in [7, 11) is 0. The highest BCUT2D eigenvalue weighted by molar-refractivity contribution is 8.03. The molecule has 0 saturated heterocycles. The highest BCUT2D eigenvalue weighted by Crippen LogP contribution is 2.28. The fraction of sp³-hybridized carbons (Fsp3) is 0.143. The summed E-state index contributed by atoms with van der Waals surface area (Å²) in [5, 5.41) is 0.613. The molecular weight excluding hydrogens is 251 g/mol. The molecule has 66 valence electrons. The summed E-state index contributed by atoms with van der Waals surface area (Å²) in [5.74, 6) is 0. The third-order valence-corrected chi connectivity index (χ3v) is 6.58. The molecule has 0 N–H and O–H groups in total. The van der Waals surface area contributed by atoms with E-state index in [1.807, 2.05) is 30.3 Å². The Morgan fingerprint density at radius 3 is 2.17 bits per heavy atom. The van der Waals surface area contributed by atoms with Gasteiger partial charge in [0.25, 0.3) is 0 Å². The lowest BCUT2D eigenvalue weighted by atomic mass is 10.4. The van der Waals surface area contributed by atoms with Gasteiger partial charge in [-0.2, -0.15) is 0 Å². The van der Waals surface area contributed by atoms with Crippen LogP contribution in [-0.4, -0.2) is 11.4 Å². The maximum Gasteiger partial charge on any atom is 0.351 e. The first-order valence-corrected chi connectivity index (χ1v) is 9.55. The van der Waals surface area contributed by atoms with Crippen LogP contribution in [0.25, 0.3) is 0 Å². The molecule has 0 heterocycles. The topological polar surface area (TPSA) is 0 Å². The Morgan fingerprint density at radius 2 is 1.67 bits per heavy atom. The quantitative estimate of drug-likeness (QED) is 0.448. The normalized spacial score (nSPS) is 11.6. The van der Waals surface area contributed by atoms with E-state index in [1.54, 1.807) is 11.8 Å². The molecule has 0 saturated carbocycles. The van der Waals surface area contributed by atoms with Gasteiger partial charge in [-0.1, -0.05) is 18.2 Å². The van der Waals surface area contributed by atoms with Crippen molar-refractivity contribution >= 4 is 51.0 Å². The minimum absolute atomic E-state index is 0.613. The zero-order chi connectivity index (χ0) is 9.03. The van der Waals surface area contributed by atoms with Crippen molar-refractivity contribution in [2.45, 2.75) is 4.90 Å². The Kier molecular flexibility index (Phi) is 4.27. The van der Waals surface area contributed by atoms with Crippen LogP contribution in [0.5, 0.6) is 0 Å². The van der Waals surface area contributed by atoms with Crippen molar-refractivity contribution in [3.8, 4) is 0 Å². The van der Waals surface area contributed by atoms with E-state index in [-0.39, 0.29) is 0 Å². The van der Waals surface area contributed by atoms with Gasteiger partial charge < -0.3 is 0 Å². The van der Waals surface area contributed by atoms with E-state index in [9.17, 15) is 0 Å². The molecule has 0 aliphatic rings. The summed E-state index contributed by atoms with van der Waals surface area (Å²) < 4.78 is 0. The predicted molar refractivity (Wildman–Crippen MR) is 60.5 cm³/mol. The number of hydrogen-bond acceptors (Lipinski definition) is 1. The maximum atomic E-state index is 5.73. The van der Waals surface area contributed by atoms with Gasteiger partial charge >= 0.3 is 6.00 Å². The van der Waals surface area contributed by atoms with Crippen LogP contribution in [0.1, 0.15) is 0 Å². The van der Waals surface area contributed by atoms with Crippen LogP contribution in [0.4, 0.5) is 0 Å². The summed E-state index contributed by atoms with van der Waals surface area (Å²) in [6.45, 7) is 0. The average molecular weight is 258 g/mol. The number of halogens is 3. The van der Waals surface area contributed by atoms with Gasteiger partial charge in [0.15, 0.2) is 0 Å². The lowest BCUT2D eigenvalue weighted by molar-refractivity contribution is 1.47. The molecule has 0 unspecified atom stereocenters. The SMILES string of the molecule is Cl[Si](Cl)(Cl)CSc1ccccc1. The molecule has 0 amide bonds. The second-order valence-corrected chi connectivity index (χ2v) is 12.9. The van der Waals surface area contributed by atoms with Gasteiger partial charge in [0.1, 0.15) is 0 Å². The van der Waals surface area contributed by atoms with Crippen LogP contribution < -0.4 is 0 Å². The largest absolute Gasteiger partial charge is 0.351 e. The summed E-state index contributed by atoms with van der Waals surface area (Å²) in [4.78, 5) is 1.15. The molecule has 1 aromatic rings. The monoisotopic (exact) mass is 256 g/mol. The van der Waals surface area contributed by atoms with E-state index in [2.05, 4.69) is 0 Å². The summed E-state index contributed by atoms with van der Waals surface area (Å²) >= 11 is 18.8. The van der Waals surface area contributed by atoms with Crippen molar-refractivity contribution in [1.29, 1.82) is 0 Å². The standard InChI is InChI=1S/C7H7Cl3SSi/c8-12(9,10)6-11-7-4-2-1-3-5-7/h1-5H,6H2. The van der Waals surface area contributed by atoms with E-state index in [4.69, 9.17) is 33.2 Å². The van der Waals surface area contributed by atoms with Crippen LogP contribution in [0.15, 0.2) is 35.2 Å². The summed E-state index contributed by atoms with van der Waals surface area (Å²) in [5.41, 5.74) is 0. The molecule has 0 radical (unpaired) electrons. The molecule has 1 aromatic carbocycles. The number of benzene rings is 1. The molecule has 0 aliphatic carbocycles. The van der Waals surface area contributed by atoms with Crippen LogP contribution >= 0.6 is 45.0 Å². The second kappa shape index (κ2) is 4.77. The highest BCUT2D eigenvalue weighted by Gasteiger charge is 2.24. The van der Waals surface area contributed by atoms with Crippen molar-refractivity contribution in [2.75, 3.05) is 5.38 Å². The Morgan fingerprint density at radius 1 is 1.08 bits per heavy atom. The maximum absolute atomic E-state index is 5.73. The van der Waals surface area contributed by atoms with Gasteiger partial charge in [-0.25, -0.2) is 0 Å². The van der Waals surface area contributed by atoms with Gasteiger partial charge in [-0.05, 0) is 12.1 Å². The van der Waals surface area contributed by atoms with Crippen molar-refractivity contribution in [2.24, 2.45) is 0 Å². The molecule has 0 aliphatic heterocycles. The van der Waals surface area contributed by atoms with Gasteiger partial charge in [-0.3, -0.25) is 0 Å². The number of rotatable bonds is 3. The minimum atomic E-state index is -2.46. The first kappa shape index (κ1) is 10.7. The van der Waals surface area contributed by atoms with E-state index in [0.29, 0.717) is 5.38 Å². The fourth-order valence-electron chi connectivity index (χ4n) is 0.682. The van der Waals surface area contributed by atoms with Crippen molar-refractivity contribution < 1.29 is 0 Å². The van der Waals surface area contributed by atoms with Crippen LogP contribution in [-0.2, 0) is 0 Å². The number of hydrogen-bond donors (Lipinski definition) is 0. The molecule has 0 fully saturated rings. The van der Waals surface area contributed by atoms with E-state index in [0.717, 1.165) is 4.90 Å². The highest BCUT2D eigenvalue weighted by atomic mass is 35.8. The fourth-order valence-corrected chi connectivity index (χ4v) is 3.83. The summed E-state index contributed by atoms with van der Waals surface area (Å²) in [6, 6.07) is 7.48. The Hall–Kier alpha value is 0.657. The number of thioether (sulfide) groups is 1. The van der Waals surface area contributed by atoms with Gasteiger partial charge in [-0.15, -0.1) is 45.0 Å². The van der Waals surface area contributed by atoms with E-state index >= 15 is 0 Å². The van der Waals surface area contributed by atoms with E-state index in [1.165, 1.54) is 0 Å². The molecule has 0 aromatic heterocycles. The molecule has 1 rings (SSSR count). The third kappa shape index (κ3) is 4.63. The van der Waals surface area contributed by atoms with Crippen LogP contribution in [0.3, 0.4) is 0 Å². The molecule has 0 spiro atoms. The average Bonchev–Trinajstić information content (AvgIpc) is 2.02. The predicted octanol–water partition coefficient (Wildman–Crippen LogP) is 3.97. The van der Waals surface area contributed by atoms with Crippen LogP contribution in [0, 0.1) is 0 Å². The zero-order valence-corrected chi connectivity index (χ0v) is 10.2. The van der Waals surface area contributed by atoms with Crippen molar-refractivity contribution in [1.82, 2.24) is 0 Å². The second-order valence-electron chi connectivity index (χ2n) is 2.22. The molecule has 0 atom stereocenters. The lowest BCUT2D eigenvalue weighted by Gasteiger charge is -2.06. The molecule has 5 heteroatoms. The Bertz CT molecular complexity index is 234. The molecule has 0 nitrogen and oxygen atoms in total. The third-order valence-electron chi connectivity index (χ3n) is 1.15. The first-order chi connectivity index (χ1) is 5.58. The van der Waals surface area contributed by atoms with Crippen LogP contribution in [0.2, 0.25) is 0 Å². The van der Waals surface area contributed by atoms with Gasteiger partial charge in [0.05, 0.1) is 0 Å². The van der Waals surface area contributed by atoms with Gasteiger partial charge in [0, 0.05) is 10.3 Å². The Labute approximate surface area is 91.3 Å². The lowest BCUT2D eigenvalue weighted by Crippen LogP contribution is -2.13.